The maximum Gasteiger partial charge on any atom is 0.227 e. The molecule has 2 amide bonds. The van der Waals surface area contributed by atoms with Crippen LogP contribution in [0.15, 0.2) is 22.7 Å². The molecule has 7 heteroatoms. The first-order valence-corrected chi connectivity index (χ1v) is 6.85. The largest absolute Gasteiger partial charge is 0.380 e. The van der Waals surface area contributed by atoms with Crippen LogP contribution in [0.25, 0.3) is 0 Å². The summed E-state index contributed by atoms with van der Waals surface area (Å²) in [5.41, 5.74) is 6.53. The number of nitrogens with two attached hydrogens (primary N) is 1. The van der Waals surface area contributed by atoms with Crippen LogP contribution in [0, 0.1) is 0 Å². The van der Waals surface area contributed by atoms with Gasteiger partial charge in [0.2, 0.25) is 11.8 Å². The molecule has 0 aliphatic heterocycles. The zero-order valence-corrected chi connectivity index (χ0v) is 13.0. The molecule has 20 heavy (non-hydrogen) atoms. The minimum absolute atomic E-state index is 0.152. The number of methoxy groups -OCH3 is 1. The minimum atomic E-state index is -0.327. The van der Waals surface area contributed by atoms with E-state index in [0.29, 0.717) is 11.4 Å². The maximum absolute atomic E-state index is 11.9. The number of hydrogen-bond acceptors (Lipinski definition) is 4. The van der Waals surface area contributed by atoms with Crippen LogP contribution < -0.4 is 16.4 Å². The average molecular weight is 344 g/mol. The molecule has 1 aromatic rings. The topological polar surface area (TPSA) is 93.4 Å². The molecule has 1 unspecified atom stereocenters. The Balaban J connectivity index is 2.82. The number of amides is 2. The molecule has 110 valence electrons. The number of halogens is 1. The predicted octanol–water partition coefficient (Wildman–Crippen LogP) is 1.71. The zero-order valence-electron chi connectivity index (χ0n) is 11.4. The minimum Gasteiger partial charge on any atom is -0.380 e. The van der Waals surface area contributed by atoms with E-state index < -0.39 is 0 Å². The van der Waals surface area contributed by atoms with Crippen molar-refractivity contribution in [1.82, 2.24) is 0 Å². The number of ether oxygens (including phenoxy) is 1. The molecule has 0 saturated heterocycles. The highest BCUT2D eigenvalue weighted by molar-refractivity contribution is 9.10. The fraction of sp³-hybridized carbons (Fsp3) is 0.385. The Hall–Kier alpha value is -1.44. The molecule has 0 fully saturated rings. The molecule has 1 atom stereocenters. The number of carbonyl (C=O) groups excluding carboxylic acids is 2. The van der Waals surface area contributed by atoms with Gasteiger partial charge in [-0.2, -0.15) is 0 Å². The summed E-state index contributed by atoms with van der Waals surface area (Å²) in [5.74, 6) is -0.438. The molecule has 0 aromatic heterocycles. The van der Waals surface area contributed by atoms with Gasteiger partial charge >= 0.3 is 0 Å². The highest BCUT2D eigenvalue weighted by Gasteiger charge is 2.13. The summed E-state index contributed by atoms with van der Waals surface area (Å²) in [6.45, 7) is 1.67. The Bertz CT molecular complexity index is 490. The second-order valence-corrected chi connectivity index (χ2v) is 5.13. The molecule has 1 aromatic carbocycles. The number of hydrogen-bond donors (Lipinski definition) is 3. The molecular formula is C13H18BrN3O3. The third kappa shape index (κ3) is 5.28. The quantitative estimate of drug-likeness (QED) is 0.732. The molecular weight excluding hydrogens is 326 g/mol. The van der Waals surface area contributed by atoms with Crippen molar-refractivity contribution in [3.8, 4) is 0 Å². The standard InChI is InChI=1S/C13H18BrN3O3/c1-8(18)16-11-4-3-9(14)5-12(11)17-13(19)6-10(7-15)20-2/h3-5,10H,6-7,15H2,1-2H3,(H,16,18)(H,17,19). The maximum atomic E-state index is 11.9. The molecule has 0 spiro atoms. The first-order valence-electron chi connectivity index (χ1n) is 6.06. The van der Waals surface area contributed by atoms with Gasteiger partial charge in [0.25, 0.3) is 0 Å². The van der Waals surface area contributed by atoms with Gasteiger partial charge in [-0.1, -0.05) is 15.9 Å². The number of carbonyl (C=O) groups is 2. The lowest BCUT2D eigenvalue weighted by molar-refractivity contribution is -0.118. The van der Waals surface area contributed by atoms with Gasteiger partial charge in [-0.15, -0.1) is 0 Å². The Morgan fingerprint density at radius 3 is 2.60 bits per heavy atom. The van der Waals surface area contributed by atoms with Crippen LogP contribution >= 0.6 is 15.9 Å². The van der Waals surface area contributed by atoms with Gasteiger partial charge in [-0.3, -0.25) is 9.59 Å². The number of rotatable bonds is 6. The molecule has 0 aliphatic carbocycles. The lowest BCUT2D eigenvalue weighted by atomic mass is 10.2. The van der Waals surface area contributed by atoms with Crippen LogP contribution in [0.2, 0.25) is 0 Å². The number of nitrogens with one attached hydrogen (secondary N) is 2. The summed E-state index contributed by atoms with van der Waals surface area (Å²) in [4.78, 5) is 23.0. The lowest BCUT2D eigenvalue weighted by Gasteiger charge is -2.15. The first-order chi connectivity index (χ1) is 9.46. The van der Waals surface area contributed by atoms with E-state index in [0.717, 1.165) is 4.47 Å². The molecule has 6 nitrogen and oxygen atoms in total. The van der Waals surface area contributed by atoms with Gasteiger partial charge < -0.3 is 21.1 Å². The van der Waals surface area contributed by atoms with E-state index in [1.807, 2.05) is 0 Å². The van der Waals surface area contributed by atoms with E-state index in [1.165, 1.54) is 14.0 Å². The SMILES string of the molecule is COC(CN)CC(=O)Nc1cc(Br)ccc1NC(C)=O. The van der Waals surface area contributed by atoms with E-state index in [4.69, 9.17) is 10.5 Å². The van der Waals surface area contributed by atoms with Gasteiger partial charge in [0.15, 0.2) is 0 Å². The van der Waals surface area contributed by atoms with E-state index in [9.17, 15) is 9.59 Å². The zero-order chi connectivity index (χ0) is 15.1. The third-order valence-electron chi connectivity index (χ3n) is 2.58. The van der Waals surface area contributed by atoms with E-state index in [2.05, 4.69) is 26.6 Å². The smallest absolute Gasteiger partial charge is 0.227 e. The Labute approximate surface area is 126 Å². The number of benzene rings is 1. The van der Waals surface area contributed by atoms with Gasteiger partial charge in [0, 0.05) is 25.1 Å². The molecule has 4 N–H and O–H groups in total. The highest BCUT2D eigenvalue weighted by atomic mass is 79.9. The van der Waals surface area contributed by atoms with Crippen LogP contribution in [0.1, 0.15) is 13.3 Å². The van der Waals surface area contributed by atoms with Crippen LogP contribution in [0.5, 0.6) is 0 Å². The molecule has 0 bridgehead atoms. The second-order valence-electron chi connectivity index (χ2n) is 4.22. The number of anilines is 2. The lowest BCUT2D eigenvalue weighted by Crippen LogP contribution is -2.28. The molecule has 1 rings (SSSR count). The normalized spacial score (nSPS) is 11.8. The van der Waals surface area contributed by atoms with Crippen LogP contribution in [0.4, 0.5) is 11.4 Å². The molecule has 0 heterocycles. The molecule has 0 saturated carbocycles. The van der Waals surface area contributed by atoms with Crippen molar-refractivity contribution >= 4 is 39.1 Å². The van der Waals surface area contributed by atoms with Crippen molar-refractivity contribution in [1.29, 1.82) is 0 Å². The first kappa shape index (κ1) is 16.6. The summed E-state index contributed by atoms with van der Waals surface area (Å²) in [7, 11) is 1.51. The van der Waals surface area contributed by atoms with Crippen molar-refractivity contribution in [2.75, 3.05) is 24.3 Å². The van der Waals surface area contributed by atoms with E-state index >= 15 is 0 Å². The summed E-state index contributed by atoms with van der Waals surface area (Å²) < 4.78 is 5.86. The summed E-state index contributed by atoms with van der Waals surface area (Å²) >= 11 is 3.32. The van der Waals surface area contributed by atoms with Crippen molar-refractivity contribution in [3.05, 3.63) is 22.7 Å². The van der Waals surface area contributed by atoms with Crippen LogP contribution in [0.3, 0.4) is 0 Å². The fourth-order valence-electron chi connectivity index (χ4n) is 1.59. The van der Waals surface area contributed by atoms with Crippen molar-refractivity contribution in [2.24, 2.45) is 5.73 Å². The summed E-state index contributed by atoms with van der Waals surface area (Å²) in [6, 6.07) is 5.20. The fourth-order valence-corrected chi connectivity index (χ4v) is 1.95. The van der Waals surface area contributed by atoms with Gasteiger partial charge in [0.05, 0.1) is 23.9 Å². The Morgan fingerprint density at radius 1 is 1.35 bits per heavy atom. The van der Waals surface area contributed by atoms with Crippen molar-refractivity contribution in [2.45, 2.75) is 19.4 Å². The Kier molecular flexibility index (Phi) is 6.63. The third-order valence-corrected chi connectivity index (χ3v) is 3.07. The molecule has 0 aliphatic rings. The van der Waals surface area contributed by atoms with Crippen LogP contribution in [-0.2, 0) is 14.3 Å². The average Bonchev–Trinajstić information content (AvgIpc) is 2.38. The van der Waals surface area contributed by atoms with Crippen molar-refractivity contribution < 1.29 is 14.3 Å². The van der Waals surface area contributed by atoms with Gasteiger partial charge in [-0.05, 0) is 18.2 Å². The highest BCUT2D eigenvalue weighted by Crippen LogP contribution is 2.26. The van der Waals surface area contributed by atoms with Gasteiger partial charge in [0.1, 0.15) is 0 Å². The van der Waals surface area contributed by atoms with E-state index in [1.54, 1.807) is 18.2 Å². The molecule has 0 radical (unpaired) electrons. The summed E-state index contributed by atoms with van der Waals surface area (Å²) in [6.07, 6.45) is -0.176. The second kappa shape index (κ2) is 7.98. The monoisotopic (exact) mass is 343 g/mol. The van der Waals surface area contributed by atoms with Crippen molar-refractivity contribution in [3.63, 3.8) is 0 Å². The Morgan fingerprint density at radius 2 is 2.05 bits per heavy atom. The van der Waals surface area contributed by atoms with E-state index in [-0.39, 0.29) is 30.9 Å². The predicted molar refractivity (Wildman–Crippen MR) is 81.5 cm³/mol. The van der Waals surface area contributed by atoms with Crippen LogP contribution in [-0.4, -0.2) is 31.6 Å². The van der Waals surface area contributed by atoms with Gasteiger partial charge in [-0.25, -0.2) is 0 Å². The summed E-state index contributed by atoms with van der Waals surface area (Å²) in [5, 5.41) is 5.39.